The highest BCUT2D eigenvalue weighted by Crippen LogP contribution is 2.33. The van der Waals surface area contributed by atoms with Crippen LogP contribution in [0, 0.1) is 0 Å². The standard InChI is InChI=1S/C20H32O4/c1-2-3-4-5-6-8-16(21)9-7-10-18-12-15-11-17(22)13-20(23)19(15)14-24-18/h11,13,16,18,21-23H,2-10,12,14H2,1H3/t16-,18+/m0/s1. The number of hydrogen-bond donors (Lipinski definition) is 3. The van der Waals surface area contributed by atoms with E-state index in [4.69, 9.17) is 4.74 Å². The van der Waals surface area contributed by atoms with Crippen LogP contribution in [0.25, 0.3) is 0 Å². The Bertz CT molecular complexity index is 501. The number of rotatable bonds is 10. The highest BCUT2D eigenvalue weighted by molar-refractivity contribution is 5.46. The van der Waals surface area contributed by atoms with Gasteiger partial charge in [-0.15, -0.1) is 0 Å². The Morgan fingerprint density at radius 2 is 1.83 bits per heavy atom. The van der Waals surface area contributed by atoms with E-state index in [0.717, 1.165) is 43.2 Å². The SMILES string of the molecule is CCCCCCC[C@H](O)CCC[C@@H]1Cc2cc(O)cc(O)c2CO1. The molecular weight excluding hydrogens is 304 g/mol. The molecule has 2 atom stereocenters. The van der Waals surface area contributed by atoms with Gasteiger partial charge in [-0.2, -0.15) is 0 Å². The summed E-state index contributed by atoms with van der Waals surface area (Å²) < 4.78 is 5.81. The van der Waals surface area contributed by atoms with Crippen molar-refractivity contribution in [1.82, 2.24) is 0 Å². The Morgan fingerprint density at radius 3 is 2.62 bits per heavy atom. The fourth-order valence-electron chi connectivity index (χ4n) is 3.45. The average molecular weight is 336 g/mol. The van der Waals surface area contributed by atoms with Gasteiger partial charge in [-0.1, -0.05) is 39.0 Å². The summed E-state index contributed by atoms with van der Waals surface area (Å²) in [7, 11) is 0. The molecule has 0 aliphatic carbocycles. The van der Waals surface area contributed by atoms with Crippen molar-refractivity contribution in [1.29, 1.82) is 0 Å². The molecule has 0 saturated carbocycles. The maximum absolute atomic E-state index is 10.1. The molecule has 24 heavy (non-hydrogen) atoms. The minimum atomic E-state index is -0.199. The van der Waals surface area contributed by atoms with E-state index in [1.165, 1.54) is 31.7 Å². The van der Waals surface area contributed by atoms with Crippen LogP contribution in [-0.4, -0.2) is 27.5 Å². The van der Waals surface area contributed by atoms with E-state index >= 15 is 0 Å². The average Bonchev–Trinajstić information content (AvgIpc) is 2.54. The number of phenols is 2. The number of hydrogen-bond acceptors (Lipinski definition) is 4. The molecule has 0 fully saturated rings. The first-order valence-corrected chi connectivity index (χ1v) is 9.43. The Balaban J connectivity index is 1.65. The van der Waals surface area contributed by atoms with Gasteiger partial charge < -0.3 is 20.1 Å². The van der Waals surface area contributed by atoms with E-state index in [1.807, 2.05) is 0 Å². The molecule has 3 N–H and O–H groups in total. The van der Waals surface area contributed by atoms with Crippen LogP contribution in [0.1, 0.15) is 75.8 Å². The van der Waals surface area contributed by atoms with Crippen LogP contribution in [0.5, 0.6) is 11.5 Å². The zero-order valence-corrected chi connectivity index (χ0v) is 14.8. The number of phenolic OH excluding ortho intramolecular Hbond substituents is 2. The van der Waals surface area contributed by atoms with E-state index in [-0.39, 0.29) is 23.7 Å². The lowest BCUT2D eigenvalue weighted by molar-refractivity contribution is 0.0180. The Morgan fingerprint density at radius 1 is 1.08 bits per heavy atom. The normalized spacial score (nSPS) is 18.3. The summed E-state index contributed by atoms with van der Waals surface area (Å²) in [5, 5.41) is 29.5. The zero-order valence-electron chi connectivity index (χ0n) is 14.8. The molecule has 0 unspecified atom stereocenters. The molecule has 136 valence electrons. The number of aliphatic hydroxyl groups excluding tert-OH is 1. The van der Waals surface area contributed by atoms with Gasteiger partial charge in [0.15, 0.2) is 0 Å². The largest absolute Gasteiger partial charge is 0.508 e. The molecule has 2 rings (SSSR count). The van der Waals surface area contributed by atoms with Gasteiger partial charge in [-0.05, 0) is 43.7 Å². The summed E-state index contributed by atoms with van der Waals surface area (Å²) in [4.78, 5) is 0. The summed E-state index contributed by atoms with van der Waals surface area (Å²) in [6.45, 7) is 2.61. The van der Waals surface area contributed by atoms with Crippen LogP contribution in [0.4, 0.5) is 0 Å². The Hall–Kier alpha value is -1.26. The quantitative estimate of drug-likeness (QED) is 0.553. The lowest BCUT2D eigenvalue weighted by atomic mass is 9.94. The summed E-state index contributed by atoms with van der Waals surface area (Å²) in [6.07, 6.45) is 10.4. The van der Waals surface area contributed by atoms with Crippen LogP contribution in [0.2, 0.25) is 0 Å². The highest BCUT2D eigenvalue weighted by Gasteiger charge is 2.22. The van der Waals surface area contributed by atoms with Crippen LogP contribution >= 0.6 is 0 Å². The van der Waals surface area contributed by atoms with Crippen molar-refractivity contribution in [2.75, 3.05) is 0 Å². The molecule has 1 heterocycles. The van der Waals surface area contributed by atoms with Gasteiger partial charge in [0.25, 0.3) is 0 Å². The summed E-state index contributed by atoms with van der Waals surface area (Å²) in [5.41, 5.74) is 1.76. The van der Waals surface area contributed by atoms with Crippen molar-refractivity contribution in [3.8, 4) is 11.5 Å². The fraction of sp³-hybridized carbons (Fsp3) is 0.700. The molecule has 4 heteroatoms. The Labute approximate surface area is 145 Å². The van der Waals surface area contributed by atoms with E-state index < -0.39 is 0 Å². The fourth-order valence-corrected chi connectivity index (χ4v) is 3.45. The minimum Gasteiger partial charge on any atom is -0.508 e. The van der Waals surface area contributed by atoms with Crippen LogP contribution < -0.4 is 0 Å². The summed E-state index contributed by atoms with van der Waals surface area (Å²) in [6, 6.07) is 3.08. The van der Waals surface area contributed by atoms with Crippen LogP contribution in [-0.2, 0) is 17.8 Å². The van der Waals surface area contributed by atoms with Gasteiger partial charge >= 0.3 is 0 Å². The third kappa shape index (κ3) is 5.99. The molecule has 0 bridgehead atoms. The van der Waals surface area contributed by atoms with Gasteiger partial charge in [0.05, 0.1) is 18.8 Å². The number of fused-ring (bicyclic) bond motifs is 1. The van der Waals surface area contributed by atoms with Crippen molar-refractivity contribution < 1.29 is 20.1 Å². The van der Waals surface area contributed by atoms with Gasteiger partial charge in [-0.25, -0.2) is 0 Å². The van der Waals surface area contributed by atoms with Crippen molar-refractivity contribution >= 4 is 0 Å². The van der Waals surface area contributed by atoms with Crippen LogP contribution in [0.3, 0.4) is 0 Å². The molecule has 4 nitrogen and oxygen atoms in total. The maximum atomic E-state index is 10.1. The molecule has 1 aromatic rings. The van der Waals surface area contributed by atoms with E-state index in [0.29, 0.717) is 13.0 Å². The molecule has 0 saturated heterocycles. The number of benzene rings is 1. The highest BCUT2D eigenvalue weighted by atomic mass is 16.5. The van der Waals surface area contributed by atoms with Crippen molar-refractivity contribution in [2.24, 2.45) is 0 Å². The minimum absolute atomic E-state index is 0.102. The number of aromatic hydroxyl groups is 2. The van der Waals surface area contributed by atoms with Gasteiger partial charge in [0.2, 0.25) is 0 Å². The second-order valence-corrected chi connectivity index (χ2v) is 7.03. The zero-order chi connectivity index (χ0) is 17.4. The molecule has 0 aromatic heterocycles. The lowest BCUT2D eigenvalue weighted by Crippen LogP contribution is -2.23. The molecule has 1 aliphatic rings. The third-order valence-corrected chi connectivity index (χ3v) is 4.92. The first kappa shape index (κ1) is 19.1. The maximum Gasteiger partial charge on any atom is 0.125 e. The molecule has 0 radical (unpaired) electrons. The van der Waals surface area contributed by atoms with Crippen LogP contribution in [0.15, 0.2) is 12.1 Å². The van der Waals surface area contributed by atoms with Crippen molar-refractivity contribution in [3.63, 3.8) is 0 Å². The van der Waals surface area contributed by atoms with Gasteiger partial charge in [0.1, 0.15) is 11.5 Å². The predicted molar refractivity (Wildman–Crippen MR) is 95.3 cm³/mol. The number of aliphatic hydroxyl groups is 1. The Kier molecular flexibility index (Phi) is 7.86. The summed E-state index contributed by atoms with van der Waals surface area (Å²) >= 11 is 0. The van der Waals surface area contributed by atoms with E-state index in [1.54, 1.807) is 6.07 Å². The summed E-state index contributed by atoms with van der Waals surface area (Å²) in [5.74, 6) is 0.215. The van der Waals surface area contributed by atoms with E-state index in [9.17, 15) is 15.3 Å². The third-order valence-electron chi connectivity index (χ3n) is 4.92. The lowest BCUT2D eigenvalue weighted by Gasteiger charge is -2.26. The molecule has 1 aromatic carbocycles. The van der Waals surface area contributed by atoms with Crippen molar-refractivity contribution in [2.45, 2.75) is 89.9 Å². The molecule has 0 spiro atoms. The number of unbranched alkanes of at least 4 members (excludes halogenated alkanes) is 4. The first-order valence-electron chi connectivity index (χ1n) is 9.43. The second-order valence-electron chi connectivity index (χ2n) is 7.03. The topological polar surface area (TPSA) is 69.9 Å². The molecular formula is C20H32O4. The second kappa shape index (κ2) is 9.90. The molecule has 1 aliphatic heterocycles. The predicted octanol–water partition coefficient (Wildman–Crippen LogP) is 4.43. The van der Waals surface area contributed by atoms with Crippen molar-refractivity contribution in [3.05, 3.63) is 23.3 Å². The smallest absolute Gasteiger partial charge is 0.125 e. The number of ether oxygens (including phenoxy) is 1. The monoisotopic (exact) mass is 336 g/mol. The van der Waals surface area contributed by atoms with Gasteiger partial charge in [0, 0.05) is 11.6 Å². The first-order chi connectivity index (χ1) is 11.6. The molecule has 0 amide bonds. The van der Waals surface area contributed by atoms with E-state index in [2.05, 4.69) is 6.92 Å². The van der Waals surface area contributed by atoms with Gasteiger partial charge in [-0.3, -0.25) is 0 Å².